The molecule has 0 aliphatic carbocycles. The summed E-state index contributed by atoms with van der Waals surface area (Å²) in [7, 11) is 0. The zero-order chi connectivity index (χ0) is 38.6. The summed E-state index contributed by atoms with van der Waals surface area (Å²) in [6.07, 6.45) is -6.79. The molecule has 0 radical (unpaired) electrons. The highest BCUT2D eigenvalue weighted by molar-refractivity contribution is 5.82. The average molecular weight is 737 g/mol. The van der Waals surface area contributed by atoms with Gasteiger partial charge < -0.3 is 38.5 Å². The lowest BCUT2D eigenvalue weighted by Crippen LogP contribution is -2.64. The normalized spacial score (nSPS) is 21.6. The molecule has 1 fully saturated rings. The van der Waals surface area contributed by atoms with Crippen LogP contribution in [0.3, 0.4) is 0 Å². The van der Waals surface area contributed by atoms with Gasteiger partial charge in [0, 0.05) is 4.92 Å². The number of benzene rings is 3. The van der Waals surface area contributed by atoms with Crippen molar-refractivity contribution in [3.63, 3.8) is 0 Å². The van der Waals surface area contributed by atoms with E-state index >= 15 is 0 Å². The molecule has 13 heteroatoms. The topological polar surface area (TPSA) is 154 Å². The number of nitro groups is 1. The Morgan fingerprint density at radius 2 is 1.23 bits per heavy atom. The molecule has 4 rings (SSSR count). The predicted octanol–water partition coefficient (Wildman–Crippen LogP) is 6.38. The van der Waals surface area contributed by atoms with E-state index < -0.39 is 71.0 Å². The third-order valence-electron chi connectivity index (χ3n) is 7.97. The molecule has 0 aromatic heterocycles. The van der Waals surface area contributed by atoms with Crippen LogP contribution >= 0.6 is 0 Å². The first kappa shape index (κ1) is 41.4. The number of esters is 1. The van der Waals surface area contributed by atoms with Gasteiger partial charge in [-0.05, 0) is 65.2 Å². The molecule has 1 heterocycles. The number of hydrogen-bond donors (Lipinski definition) is 1. The van der Waals surface area contributed by atoms with Crippen LogP contribution in [0.4, 0.5) is 4.79 Å². The summed E-state index contributed by atoms with van der Waals surface area (Å²) in [4.78, 5) is 38.9. The summed E-state index contributed by atoms with van der Waals surface area (Å²) in [5.74, 6) is -0.826. The second-order valence-electron chi connectivity index (χ2n) is 14.8. The minimum Gasteiger partial charge on any atom is -0.458 e. The lowest BCUT2D eigenvalue weighted by atomic mass is 9.96. The minimum atomic E-state index is -1.63. The van der Waals surface area contributed by atoms with Gasteiger partial charge in [-0.3, -0.25) is 10.1 Å². The Kier molecular flexibility index (Phi) is 14.9. The third-order valence-corrected chi connectivity index (χ3v) is 7.97. The van der Waals surface area contributed by atoms with E-state index in [2.05, 4.69) is 5.32 Å². The van der Waals surface area contributed by atoms with Gasteiger partial charge in [0.25, 0.3) is 6.04 Å². The van der Waals surface area contributed by atoms with Gasteiger partial charge in [-0.1, -0.05) is 91.0 Å². The number of carbonyl (C=O) groups is 2. The maximum Gasteiger partial charge on any atom is 0.408 e. The Morgan fingerprint density at radius 1 is 0.755 bits per heavy atom. The summed E-state index contributed by atoms with van der Waals surface area (Å²) >= 11 is 0. The molecule has 1 N–H and O–H groups in total. The van der Waals surface area contributed by atoms with E-state index in [1.54, 1.807) is 41.5 Å². The standard InChI is InChI=1S/C40H52N2O11/c1-27(32(36(43)52-39(2,3)4)41-38(44)53-40(5,6)7)50-37-33(42(45)46)35(49-25-30-21-15-10-16-22-30)34(48-24-29-19-13-9-14-20-29)31(51-37)26-47-23-28-17-11-8-12-18-28/h8-22,27,31-35,37H,23-26H2,1-7H3,(H,41,44)/t27-,31-,32+,33-,34+,35-,37+/m1/s1. The molecule has 3 aromatic rings. The van der Waals surface area contributed by atoms with Crippen molar-refractivity contribution < 1.29 is 47.7 Å². The Hall–Kier alpha value is -4.40. The SMILES string of the molecule is C[C@@H](O[C@H]1O[C@H](COCc2ccccc2)[C@H](OCc2ccccc2)[C@H](OCc2ccccc2)[C@H]1[N+](=O)[O-])[C@H](NC(=O)OC(C)(C)C)C(=O)OC(C)(C)C. The van der Waals surface area contributed by atoms with Gasteiger partial charge in [-0.15, -0.1) is 0 Å². The maximum absolute atomic E-state index is 13.5. The lowest BCUT2D eigenvalue weighted by Gasteiger charge is -2.43. The molecule has 0 unspecified atom stereocenters. The van der Waals surface area contributed by atoms with Gasteiger partial charge in [-0.25, -0.2) is 9.59 Å². The molecule has 0 saturated carbocycles. The van der Waals surface area contributed by atoms with Gasteiger partial charge in [0.15, 0.2) is 12.1 Å². The highest BCUT2D eigenvalue weighted by Gasteiger charge is 2.56. The highest BCUT2D eigenvalue weighted by Crippen LogP contribution is 2.32. The molecular formula is C40H52N2O11. The molecule has 7 atom stereocenters. The molecule has 1 aliphatic heterocycles. The largest absolute Gasteiger partial charge is 0.458 e. The van der Waals surface area contributed by atoms with Crippen LogP contribution in [0.25, 0.3) is 0 Å². The van der Waals surface area contributed by atoms with Crippen molar-refractivity contribution in [3.05, 3.63) is 118 Å². The number of rotatable bonds is 16. The molecule has 53 heavy (non-hydrogen) atoms. The molecule has 0 spiro atoms. The molecule has 1 aliphatic rings. The molecule has 0 bridgehead atoms. The quantitative estimate of drug-likeness (QED) is 0.0990. The van der Waals surface area contributed by atoms with Crippen LogP contribution in [0.2, 0.25) is 0 Å². The Balaban J connectivity index is 1.68. The van der Waals surface area contributed by atoms with Crippen molar-refractivity contribution in [2.24, 2.45) is 0 Å². The molecule has 3 aromatic carbocycles. The van der Waals surface area contributed by atoms with Crippen LogP contribution in [0.5, 0.6) is 0 Å². The number of hydrogen-bond acceptors (Lipinski definition) is 11. The molecule has 1 saturated heterocycles. The highest BCUT2D eigenvalue weighted by atomic mass is 16.7. The van der Waals surface area contributed by atoms with E-state index in [1.807, 2.05) is 91.0 Å². The first-order valence-electron chi connectivity index (χ1n) is 17.7. The van der Waals surface area contributed by atoms with Crippen molar-refractivity contribution in [3.8, 4) is 0 Å². The van der Waals surface area contributed by atoms with Crippen LogP contribution in [0.1, 0.15) is 65.2 Å². The van der Waals surface area contributed by atoms with Crippen molar-refractivity contribution in [2.75, 3.05) is 6.61 Å². The van der Waals surface area contributed by atoms with Gasteiger partial charge in [0.05, 0.1) is 32.5 Å². The minimum absolute atomic E-state index is 0.0294. The van der Waals surface area contributed by atoms with Crippen molar-refractivity contribution in [1.29, 1.82) is 0 Å². The number of ether oxygens (including phenoxy) is 7. The summed E-state index contributed by atoms with van der Waals surface area (Å²) in [5, 5.41) is 15.5. The fraction of sp³-hybridized carbons (Fsp3) is 0.500. The van der Waals surface area contributed by atoms with Crippen LogP contribution < -0.4 is 5.32 Å². The van der Waals surface area contributed by atoms with E-state index in [-0.39, 0.29) is 26.4 Å². The first-order valence-corrected chi connectivity index (χ1v) is 17.7. The van der Waals surface area contributed by atoms with E-state index in [0.29, 0.717) is 0 Å². The first-order chi connectivity index (χ1) is 25.1. The maximum atomic E-state index is 13.5. The predicted molar refractivity (Wildman–Crippen MR) is 195 cm³/mol. The summed E-state index contributed by atoms with van der Waals surface area (Å²) in [6, 6.07) is 25.1. The Labute approximate surface area is 311 Å². The number of nitrogens with zero attached hydrogens (tertiary/aromatic N) is 1. The fourth-order valence-electron chi connectivity index (χ4n) is 5.61. The summed E-state index contributed by atoms with van der Waals surface area (Å²) in [6.45, 7) is 11.9. The van der Waals surface area contributed by atoms with Crippen molar-refractivity contribution in [2.45, 2.75) is 122 Å². The fourth-order valence-corrected chi connectivity index (χ4v) is 5.61. The summed E-state index contributed by atoms with van der Waals surface area (Å²) < 4.78 is 42.6. The van der Waals surface area contributed by atoms with E-state index in [0.717, 1.165) is 16.7 Å². The van der Waals surface area contributed by atoms with E-state index in [1.165, 1.54) is 6.92 Å². The molecule has 13 nitrogen and oxygen atoms in total. The van der Waals surface area contributed by atoms with Crippen molar-refractivity contribution in [1.82, 2.24) is 5.32 Å². The van der Waals surface area contributed by atoms with E-state index in [4.69, 9.17) is 33.2 Å². The van der Waals surface area contributed by atoms with Crippen molar-refractivity contribution >= 4 is 12.1 Å². The van der Waals surface area contributed by atoms with Gasteiger partial charge in [0.1, 0.15) is 23.4 Å². The van der Waals surface area contributed by atoms with Crippen LogP contribution in [-0.2, 0) is 57.8 Å². The number of alkyl carbamates (subject to hydrolysis) is 1. The van der Waals surface area contributed by atoms with Crippen LogP contribution in [-0.4, -0.2) is 77.6 Å². The van der Waals surface area contributed by atoms with E-state index in [9.17, 15) is 19.7 Å². The van der Waals surface area contributed by atoms with Crippen LogP contribution in [0, 0.1) is 10.1 Å². The summed E-state index contributed by atoms with van der Waals surface area (Å²) in [5.41, 5.74) is 0.755. The second kappa shape index (κ2) is 19.1. The molecule has 288 valence electrons. The Bertz CT molecular complexity index is 1580. The lowest BCUT2D eigenvalue weighted by molar-refractivity contribution is -0.578. The molecule has 1 amide bonds. The van der Waals surface area contributed by atoms with Gasteiger partial charge in [0.2, 0.25) is 6.29 Å². The van der Waals surface area contributed by atoms with Gasteiger partial charge >= 0.3 is 12.1 Å². The second-order valence-corrected chi connectivity index (χ2v) is 14.8. The zero-order valence-electron chi connectivity index (χ0n) is 31.5. The Morgan fingerprint density at radius 3 is 1.70 bits per heavy atom. The van der Waals surface area contributed by atoms with Crippen LogP contribution in [0.15, 0.2) is 91.0 Å². The van der Waals surface area contributed by atoms with Gasteiger partial charge in [-0.2, -0.15) is 0 Å². The smallest absolute Gasteiger partial charge is 0.408 e. The molecular weight excluding hydrogens is 684 g/mol. The number of amides is 1. The zero-order valence-corrected chi connectivity index (χ0v) is 31.5. The number of carbonyl (C=O) groups excluding carboxylic acids is 2. The third kappa shape index (κ3) is 13.5. The monoisotopic (exact) mass is 736 g/mol. The average Bonchev–Trinajstić information content (AvgIpc) is 3.08. The number of nitrogens with one attached hydrogen (secondary N) is 1.